The van der Waals surface area contributed by atoms with Crippen molar-refractivity contribution in [2.45, 2.75) is 31.7 Å². The highest BCUT2D eigenvalue weighted by Crippen LogP contribution is 2.34. The molecule has 1 aromatic carbocycles. The summed E-state index contributed by atoms with van der Waals surface area (Å²) < 4.78 is 18.4. The van der Waals surface area contributed by atoms with Gasteiger partial charge in [-0.2, -0.15) is 0 Å². The van der Waals surface area contributed by atoms with Crippen LogP contribution in [0.4, 0.5) is 10.1 Å². The number of rotatable bonds is 2. The van der Waals surface area contributed by atoms with Crippen molar-refractivity contribution < 1.29 is 13.9 Å². The van der Waals surface area contributed by atoms with Gasteiger partial charge < -0.3 is 10.1 Å². The third kappa shape index (κ3) is 1.88. The first kappa shape index (κ1) is 11.9. The van der Waals surface area contributed by atoms with Gasteiger partial charge in [-0.25, -0.2) is 9.18 Å². The molecule has 1 atom stereocenters. The number of hydrogen-bond donors (Lipinski definition) is 1. The molecule has 1 aliphatic heterocycles. The summed E-state index contributed by atoms with van der Waals surface area (Å²) in [5.74, 6) is -0.500. The van der Waals surface area contributed by atoms with Gasteiger partial charge in [0.25, 0.3) is 0 Å². The third-order valence-electron chi connectivity index (χ3n) is 3.47. The Bertz CT molecular complexity index is 447. The van der Waals surface area contributed by atoms with Gasteiger partial charge in [-0.15, -0.1) is 0 Å². The second-order valence-corrected chi connectivity index (χ2v) is 4.32. The Morgan fingerprint density at radius 2 is 2.35 bits per heavy atom. The van der Waals surface area contributed by atoms with Crippen LogP contribution in [0.1, 0.15) is 25.3 Å². The molecular formula is C13H16FNO2. The molecule has 1 aromatic rings. The number of methoxy groups -OCH3 is 1. The lowest BCUT2D eigenvalue weighted by atomic mass is 9.84. The normalized spacial score (nSPS) is 22.5. The lowest BCUT2D eigenvalue weighted by Gasteiger charge is -2.36. The highest BCUT2D eigenvalue weighted by molar-refractivity contribution is 5.85. The molecule has 0 saturated carbocycles. The zero-order valence-electron chi connectivity index (χ0n) is 10.0. The molecule has 17 heavy (non-hydrogen) atoms. The Morgan fingerprint density at radius 1 is 1.59 bits per heavy atom. The topological polar surface area (TPSA) is 38.3 Å². The maximum absolute atomic E-state index is 13.6. The highest BCUT2D eigenvalue weighted by Gasteiger charge is 2.41. The van der Waals surface area contributed by atoms with Crippen LogP contribution in [-0.4, -0.2) is 18.6 Å². The number of ether oxygens (including phenoxy) is 1. The number of anilines is 1. The summed E-state index contributed by atoms with van der Waals surface area (Å²) >= 11 is 0. The monoisotopic (exact) mass is 237 g/mol. The molecule has 92 valence electrons. The van der Waals surface area contributed by atoms with Crippen LogP contribution in [0.2, 0.25) is 0 Å². The number of hydrogen-bond acceptors (Lipinski definition) is 3. The first-order valence-corrected chi connectivity index (χ1v) is 5.77. The molecule has 0 radical (unpaired) electrons. The number of carbonyl (C=O) groups excluding carboxylic acids is 1. The Morgan fingerprint density at radius 3 is 3.00 bits per heavy atom. The predicted molar refractivity (Wildman–Crippen MR) is 63.4 cm³/mol. The summed E-state index contributed by atoms with van der Waals surface area (Å²) in [6, 6.07) is 4.88. The molecule has 0 aliphatic carbocycles. The molecule has 4 heteroatoms. The second kappa shape index (κ2) is 4.35. The number of fused-ring (bicyclic) bond motifs is 1. The van der Waals surface area contributed by atoms with Crippen molar-refractivity contribution >= 4 is 11.7 Å². The maximum atomic E-state index is 13.6. The van der Waals surface area contributed by atoms with Gasteiger partial charge in [0.1, 0.15) is 11.4 Å². The molecule has 0 aromatic heterocycles. The van der Waals surface area contributed by atoms with Crippen LogP contribution < -0.4 is 5.32 Å². The molecular weight excluding hydrogens is 221 g/mol. The fourth-order valence-electron chi connectivity index (χ4n) is 2.35. The SMILES string of the molecule is CCC1(C(=O)OC)CCc2c(F)cccc2N1. The largest absolute Gasteiger partial charge is 0.467 e. The van der Waals surface area contributed by atoms with E-state index in [-0.39, 0.29) is 11.8 Å². The lowest BCUT2D eigenvalue weighted by Crippen LogP contribution is -2.49. The Hall–Kier alpha value is -1.58. The smallest absolute Gasteiger partial charge is 0.331 e. The fraction of sp³-hybridized carbons (Fsp3) is 0.462. The van der Waals surface area contributed by atoms with Crippen LogP contribution in [0.3, 0.4) is 0 Å². The minimum atomic E-state index is -0.713. The quantitative estimate of drug-likeness (QED) is 0.803. The van der Waals surface area contributed by atoms with E-state index in [1.165, 1.54) is 13.2 Å². The number of nitrogens with one attached hydrogen (secondary N) is 1. The first-order valence-electron chi connectivity index (χ1n) is 5.77. The summed E-state index contributed by atoms with van der Waals surface area (Å²) in [6.07, 6.45) is 1.73. The molecule has 0 spiro atoms. The van der Waals surface area contributed by atoms with Crippen molar-refractivity contribution in [3.63, 3.8) is 0 Å². The van der Waals surface area contributed by atoms with Gasteiger partial charge >= 0.3 is 5.97 Å². The van der Waals surface area contributed by atoms with Crippen LogP contribution in [0, 0.1) is 5.82 Å². The van der Waals surface area contributed by atoms with Crippen molar-refractivity contribution in [3.05, 3.63) is 29.6 Å². The summed E-state index contributed by atoms with van der Waals surface area (Å²) in [5.41, 5.74) is 0.638. The van der Waals surface area contributed by atoms with E-state index in [1.807, 2.05) is 6.92 Å². The van der Waals surface area contributed by atoms with Gasteiger partial charge in [0.15, 0.2) is 0 Å². The highest BCUT2D eigenvalue weighted by atomic mass is 19.1. The molecule has 1 heterocycles. The van der Waals surface area contributed by atoms with E-state index >= 15 is 0 Å². The molecule has 1 aliphatic rings. The molecule has 2 rings (SSSR count). The van der Waals surface area contributed by atoms with E-state index < -0.39 is 5.54 Å². The van der Waals surface area contributed by atoms with E-state index in [2.05, 4.69) is 5.32 Å². The Kier molecular flexibility index (Phi) is 3.05. The minimum absolute atomic E-state index is 0.218. The van der Waals surface area contributed by atoms with Crippen LogP contribution in [0.5, 0.6) is 0 Å². The minimum Gasteiger partial charge on any atom is -0.467 e. The average molecular weight is 237 g/mol. The van der Waals surface area contributed by atoms with Gasteiger partial charge in [-0.3, -0.25) is 0 Å². The van der Waals surface area contributed by atoms with Crippen molar-refractivity contribution in [2.75, 3.05) is 12.4 Å². The summed E-state index contributed by atoms with van der Waals surface area (Å²) in [5, 5.41) is 3.14. The molecule has 1 N–H and O–H groups in total. The van der Waals surface area contributed by atoms with Crippen LogP contribution >= 0.6 is 0 Å². The van der Waals surface area contributed by atoms with E-state index in [0.29, 0.717) is 30.5 Å². The molecule has 0 fully saturated rings. The number of halogens is 1. The van der Waals surface area contributed by atoms with Gasteiger partial charge in [-0.1, -0.05) is 13.0 Å². The number of esters is 1. The van der Waals surface area contributed by atoms with E-state index in [9.17, 15) is 9.18 Å². The Labute approximate surface area is 100.0 Å². The summed E-state index contributed by atoms with van der Waals surface area (Å²) in [6.45, 7) is 1.92. The molecule has 0 amide bonds. The van der Waals surface area contributed by atoms with Crippen molar-refractivity contribution in [3.8, 4) is 0 Å². The lowest BCUT2D eigenvalue weighted by molar-refractivity contribution is -0.146. The average Bonchev–Trinajstić information content (AvgIpc) is 2.37. The van der Waals surface area contributed by atoms with Gasteiger partial charge in [0.05, 0.1) is 7.11 Å². The third-order valence-corrected chi connectivity index (χ3v) is 3.47. The molecule has 0 saturated heterocycles. The molecule has 0 bridgehead atoms. The van der Waals surface area contributed by atoms with E-state index in [1.54, 1.807) is 12.1 Å². The standard InChI is InChI=1S/C13H16FNO2/c1-3-13(12(16)17-2)8-7-9-10(14)5-4-6-11(9)15-13/h4-6,15H,3,7-8H2,1-2H3. The first-order chi connectivity index (χ1) is 8.13. The van der Waals surface area contributed by atoms with Crippen molar-refractivity contribution in [2.24, 2.45) is 0 Å². The van der Waals surface area contributed by atoms with Crippen molar-refractivity contribution in [1.29, 1.82) is 0 Å². The van der Waals surface area contributed by atoms with Crippen LogP contribution in [0.15, 0.2) is 18.2 Å². The maximum Gasteiger partial charge on any atom is 0.331 e. The van der Waals surface area contributed by atoms with E-state index in [0.717, 1.165) is 0 Å². The van der Waals surface area contributed by atoms with Gasteiger partial charge in [-0.05, 0) is 31.4 Å². The summed E-state index contributed by atoms with van der Waals surface area (Å²) in [7, 11) is 1.38. The zero-order valence-corrected chi connectivity index (χ0v) is 10.0. The van der Waals surface area contributed by atoms with E-state index in [4.69, 9.17) is 4.74 Å². The summed E-state index contributed by atoms with van der Waals surface area (Å²) in [4.78, 5) is 11.8. The fourth-order valence-corrected chi connectivity index (χ4v) is 2.35. The molecule has 1 unspecified atom stereocenters. The second-order valence-electron chi connectivity index (χ2n) is 4.32. The number of benzene rings is 1. The predicted octanol–water partition coefficient (Wildman–Crippen LogP) is 2.51. The molecule has 3 nitrogen and oxygen atoms in total. The van der Waals surface area contributed by atoms with Crippen LogP contribution in [0.25, 0.3) is 0 Å². The van der Waals surface area contributed by atoms with Crippen molar-refractivity contribution in [1.82, 2.24) is 0 Å². The van der Waals surface area contributed by atoms with Gasteiger partial charge in [0.2, 0.25) is 0 Å². The van der Waals surface area contributed by atoms with Crippen LogP contribution in [-0.2, 0) is 16.0 Å². The zero-order chi connectivity index (χ0) is 12.5. The number of carbonyl (C=O) groups is 1. The van der Waals surface area contributed by atoms with Gasteiger partial charge in [0, 0.05) is 11.3 Å². The Balaban J connectivity index is 2.37.